The van der Waals surface area contributed by atoms with Gasteiger partial charge in [0.1, 0.15) is 4.32 Å². The van der Waals surface area contributed by atoms with Gasteiger partial charge < -0.3 is 4.90 Å². The second kappa shape index (κ2) is 3.60. The molecular weight excluding hydrogens is 250 g/mol. The van der Waals surface area contributed by atoms with Crippen molar-refractivity contribution in [2.24, 2.45) is 0 Å². The minimum absolute atomic E-state index is 0.140. The van der Waals surface area contributed by atoms with E-state index in [4.69, 9.17) is 12.2 Å². The summed E-state index contributed by atoms with van der Waals surface area (Å²) in [5.74, 6) is 0.548. The Morgan fingerprint density at radius 1 is 1.67 bits per heavy atom. The van der Waals surface area contributed by atoms with Crippen LogP contribution in [0.15, 0.2) is 0 Å². The fourth-order valence-electron chi connectivity index (χ4n) is 2.38. The van der Waals surface area contributed by atoms with E-state index in [1.165, 1.54) is 0 Å². The number of nitrogens with zero attached hydrogens (tertiary/aromatic N) is 1. The van der Waals surface area contributed by atoms with Gasteiger partial charge in [0.2, 0.25) is 0 Å². The molecule has 2 fully saturated rings. The summed E-state index contributed by atoms with van der Waals surface area (Å²) >= 11 is 6.86. The van der Waals surface area contributed by atoms with Crippen LogP contribution in [0.4, 0.5) is 0 Å². The first-order chi connectivity index (χ1) is 6.89. The van der Waals surface area contributed by atoms with Crippen LogP contribution in [0.3, 0.4) is 0 Å². The van der Waals surface area contributed by atoms with Gasteiger partial charge in [0, 0.05) is 11.8 Å². The van der Waals surface area contributed by atoms with Crippen LogP contribution < -0.4 is 0 Å². The molecule has 3 nitrogen and oxygen atoms in total. The number of hydrogen-bond acceptors (Lipinski definition) is 4. The summed E-state index contributed by atoms with van der Waals surface area (Å²) in [5, 5.41) is 0.140. The van der Waals surface area contributed by atoms with Crippen molar-refractivity contribution in [1.29, 1.82) is 0 Å². The second-order valence-corrected chi connectivity index (χ2v) is 8.38. The molecule has 15 heavy (non-hydrogen) atoms. The number of fused-ring (bicyclic) bond motifs is 1. The van der Waals surface area contributed by atoms with E-state index < -0.39 is 9.84 Å². The minimum atomic E-state index is -2.86. The van der Waals surface area contributed by atoms with E-state index in [0.717, 1.165) is 17.3 Å². The maximum Gasteiger partial charge on any atom is 0.153 e. The molecule has 2 aliphatic heterocycles. The lowest BCUT2D eigenvalue weighted by Crippen LogP contribution is -2.49. The Kier molecular flexibility index (Phi) is 2.80. The zero-order valence-electron chi connectivity index (χ0n) is 8.89. The van der Waals surface area contributed by atoms with Crippen LogP contribution in [-0.4, -0.2) is 46.5 Å². The Balaban J connectivity index is 2.31. The summed E-state index contributed by atoms with van der Waals surface area (Å²) < 4.78 is 24.1. The Morgan fingerprint density at radius 3 is 2.93 bits per heavy atom. The summed E-state index contributed by atoms with van der Waals surface area (Å²) in [5.41, 5.74) is -0.253. The molecule has 2 rings (SSSR count). The Bertz CT molecular complexity index is 392. The predicted molar refractivity (Wildman–Crippen MR) is 68.0 cm³/mol. The molecule has 0 aromatic rings. The average Bonchev–Trinajstić information content (AvgIpc) is 2.42. The SMILES string of the molecule is CCCN1C(=S)S[C@H]2CS(=O)(=O)C[C@]21C. The van der Waals surface area contributed by atoms with E-state index in [1.54, 1.807) is 11.8 Å². The van der Waals surface area contributed by atoms with Gasteiger partial charge in [0.05, 0.1) is 17.0 Å². The van der Waals surface area contributed by atoms with Gasteiger partial charge in [0.25, 0.3) is 0 Å². The zero-order valence-corrected chi connectivity index (χ0v) is 11.3. The summed E-state index contributed by atoms with van der Waals surface area (Å²) in [6, 6.07) is 0. The largest absolute Gasteiger partial charge is 0.350 e. The second-order valence-electron chi connectivity index (χ2n) is 4.44. The van der Waals surface area contributed by atoms with Gasteiger partial charge in [-0.25, -0.2) is 8.42 Å². The molecule has 2 aliphatic rings. The molecule has 0 bridgehead atoms. The lowest BCUT2D eigenvalue weighted by molar-refractivity contribution is 0.246. The first-order valence-corrected chi connectivity index (χ1v) is 8.18. The first-order valence-electron chi connectivity index (χ1n) is 5.08. The van der Waals surface area contributed by atoms with Crippen LogP contribution in [0.2, 0.25) is 0 Å². The van der Waals surface area contributed by atoms with Crippen LogP contribution in [0.1, 0.15) is 20.3 Å². The Morgan fingerprint density at radius 2 is 2.33 bits per heavy atom. The molecule has 2 atom stereocenters. The first kappa shape index (κ1) is 11.7. The third-order valence-electron chi connectivity index (χ3n) is 3.14. The highest BCUT2D eigenvalue weighted by Crippen LogP contribution is 2.45. The number of hydrogen-bond donors (Lipinski definition) is 0. The fraction of sp³-hybridized carbons (Fsp3) is 0.889. The van der Waals surface area contributed by atoms with Gasteiger partial charge in [-0.2, -0.15) is 0 Å². The number of rotatable bonds is 2. The van der Waals surface area contributed by atoms with Gasteiger partial charge in [-0.3, -0.25) is 0 Å². The van der Waals surface area contributed by atoms with Crippen molar-refractivity contribution in [1.82, 2.24) is 4.90 Å². The van der Waals surface area contributed by atoms with E-state index in [1.807, 2.05) is 6.92 Å². The third-order valence-corrected chi connectivity index (χ3v) is 7.10. The van der Waals surface area contributed by atoms with Gasteiger partial charge >= 0.3 is 0 Å². The Hall–Kier alpha value is 0.190. The van der Waals surface area contributed by atoms with Crippen LogP contribution in [0, 0.1) is 0 Å². The van der Waals surface area contributed by atoms with Crippen molar-refractivity contribution in [2.45, 2.75) is 31.1 Å². The molecular formula is C9H15NO2S3. The number of thioether (sulfide) groups is 1. The average molecular weight is 265 g/mol. The van der Waals surface area contributed by atoms with Crippen molar-refractivity contribution in [3.05, 3.63) is 0 Å². The van der Waals surface area contributed by atoms with Crippen molar-refractivity contribution in [3.8, 4) is 0 Å². The summed E-state index contributed by atoms with van der Waals surface area (Å²) in [7, 11) is -2.86. The van der Waals surface area contributed by atoms with Gasteiger partial charge in [-0.1, -0.05) is 30.9 Å². The summed E-state index contributed by atoms with van der Waals surface area (Å²) in [6.07, 6.45) is 1.00. The van der Waals surface area contributed by atoms with Gasteiger partial charge in [0.15, 0.2) is 9.84 Å². The maximum atomic E-state index is 11.6. The summed E-state index contributed by atoms with van der Waals surface area (Å²) in [4.78, 5) is 2.11. The van der Waals surface area contributed by atoms with Crippen molar-refractivity contribution in [3.63, 3.8) is 0 Å². The molecule has 0 aromatic carbocycles. The zero-order chi connectivity index (χ0) is 11.3. The lowest BCUT2D eigenvalue weighted by Gasteiger charge is -2.34. The molecule has 86 valence electrons. The number of sulfone groups is 1. The molecule has 0 saturated carbocycles. The third kappa shape index (κ3) is 1.80. The normalized spacial score (nSPS) is 38.4. The van der Waals surface area contributed by atoms with Crippen molar-refractivity contribution in [2.75, 3.05) is 18.1 Å². The van der Waals surface area contributed by atoms with E-state index in [2.05, 4.69) is 11.8 Å². The Labute approximate surface area is 101 Å². The van der Waals surface area contributed by atoms with Gasteiger partial charge in [-0.15, -0.1) is 0 Å². The topological polar surface area (TPSA) is 37.4 Å². The molecule has 0 aliphatic carbocycles. The standard InChI is InChI=1S/C9H15NO2S3/c1-3-4-10-8(13)14-7-5-15(11,12)6-9(7,10)2/h7H,3-6H2,1-2H3/t7-,9+/m0/s1. The molecule has 0 spiro atoms. The van der Waals surface area contributed by atoms with E-state index >= 15 is 0 Å². The highest BCUT2D eigenvalue weighted by Gasteiger charge is 2.56. The molecule has 0 aromatic heterocycles. The lowest BCUT2D eigenvalue weighted by atomic mass is 9.99. The molecule has 0 amide bonds. The maximum absolute atomic E-state index is 11.6. The highest BCUT2D eigenvalue weighted by atomic mass is 32.2. The van der Waals surface area contributed by atoms with Crippen LogP contribution in [-0.2, 0) is 9.84 Å². The molecule has 2 saturated heterocycles. The van der Waals surface area contributed by atoms with E-state index in [0.29, 0.717) is 0 Å². The minimum Gasteiger partial charge on any atom is -0.350 e. The molecule has 0 unspecified atom stereocenters. The van der Waals surface area contributed by atoms with Crippen LogP contribution in [0.5, 0.6) is 0 Å². The van der Waals surface area contributed by atoms with Crippen molar-refractivity contribution >= 4 is 38.1 Å². The highest BCUT2D eigenvalue weighted by molar-refractivity contribution is 8.24. The van der Waals surface area contributed by atoms with E-state index in [9.17, 15) is 8.42 Å². The smallest absolute Gasteiger partial charge is 0.153 e. The fourth-order valence-corrected chi connectivity index (χ4v) is 7.35. The van der Waals surface area contributed by atoms with Gasteiger partial charge in [-0.05, 0) is 13.3 Å². The molecule has 6 heteroatoms. The monoisotopic (exact) mass is 265 g/mol. The van der Waals surface area contributed by atoms with Crippen LogP contribution >= 0.6 is 24.0 Å². The number of thiocarbonyl (C=S) groups is 1. The summed E-state index contributed by atoms with van der Waals surface area (Å²) in [6.45, 7) is 4.99. The van der Waals surface area contributed by atoms with Crippen LogP contribution in [0.25, 0.3) is 0 Å². The molecule has 0 N–H and O–H groups in total. The predicted octanol–water partition coefficient (Wildman–Crippen LogP) is 1.29. The molecule has 2 heterocycles. The quantitative estimate of drug-likeness (QED) is 0.703. The van der Waals surface area contributed by atoms with Crippen molar-refractivity contribution < 1.29 is 8.42 Å². The molecule has 0 radical (unpaired) electrons. The van der Waals surface area contributed by atoms with E-state index in [-0.39, 0.29) is 22.3 Å².